The van der Waals surface area contributed by atoms with Gasteiger partial charge in [0.2, 0.25) is 0 Å². The number of aromatic nitrogens is 2. The van der Waals surface area contributed by atoms with Crippen LogP contribution in [0.3, 0.4) is 0 Å². The Bertz CT molecular complexity index is 858. The van der Waals surface area contributed by atoms with Gasteiger partial charge in [-0.15, -0.1) is 10.2 Å². The second-order valence-electron chi connectivity index (χ2n) is 5.14. The highest BCUT2D eigenvalue weighted by atomic mass is 79.9. The molecule has 0 N–H and O–H groups in total. The minimum atomic E-state index is -0.489. The first-order chi connectivity index (χ1) is 12.0. The Morgan fingerprint density at radius 3 is 2.64 bits per heavy atom. The van der Waals surface area contributed by atoms with Gasteiger partial charge in [-0.2, -0.15) is 0 Å². The number of nitrogens with zero attached hydrogens (tertiary/aromatic N) is 2. The lowest BCUT2D eigenvalue weighted by Crippen LogP contribution is -2.03. The second kappa shape index (κ2) is 7.97. The molecule has 1 aromatic heterocycles. The zero-order valence-corrected chi connectivity index (χ0v) is 15.5. The molecule has 0 radical (unpaired) electrons. The third-order valence-electron chi connectivity index (χ3n) is 3.26. The summed E-state index contributed by atoms with van der Waals surface area (Å²) in [6.07, 6.45) is -0.489. The van der Waals surface area contributed by atoms with Crippen molar-refractivity contribution in [2.45, 2.75) is 24.0 Å². The first-order valence-corrected chi connectivity index (χ1v) is 9.11. The molecule has 0 fully saturated rings. The number of ether oxygens (including phenoxy) is 1. The Morgan fingerprint density at radius 1 is 1.16 bits per heavy atom. The summed E-state index contributed by atoms with van der Waals surface area (Å²) < 4.78 is 38.5. The van der Waals surface area contributed by atoms with Crippen LogP contribution in [0.4, 0.5) is 8.78 Å². The number of halogens is 3. The molecule has 4 nitrogen and oxygen atoms in total. The van der Waals surface area contributed by atoms with Gasteiger partial charge in [-0.25, -0.2) is 8.78 Å². The number of thioether (sulfide) groups is 1. The van der Waals surface area contributed by atoms with Gasteiger partial charge in [0, 0.05) is 10.2 Å². The monoisotopic (exact) mass is 426 g/mol. The third kappa shape index (κ3) is 4.79. The first-order valence-electron chi connectivity index (χ1n) is 7.33. The van der Waals surface area contributed by atoms with Crippen LogP contribution in [0, 0.1) is 11.6 Å². The molecule has 0 spiro atoms. The lowest BCUT2D eigenvalue weighted by Gasteiger charge is -2.10. The van der Waals surface area contributed by atoms with Gasteiger partial charge in [0.1, 0.15) is 17.4 Å². The van der Waals surface area contributed by atoms with E-state index in [1.807, 2.05) is 0 Å². The fraction of sp³-hybridized carbons (Fsp3) is 0.176. The van der Waals surface area contributed by atoms with Gasteiger partial charge in [-0.1, -0.05) is 33.8 Å². The average molecular weight is 427 g/mol. The molecule has 0 bridgehead atoms. The minimum Gasteiger partial charge on any atom is -0.481 e. The Hall–Kier alpha value is -1.93. The van der Waals surface area contributed by atoms with Crippen LogP contribution in [-0.2, 0) is 5.75 Å². The summed E-state index contributed by atoms with van der Waals surface area (Å²) >= 11 is 4.46. The van der Waals surface area contributed by atoms with Gasteiger partial charge in [-0.05, 0) is 48.9 Å². The topological polar surface area (TPSA) is 48.2 Å². The summed E-state index contributed by atoms with van der Waals surface area (Å²) in [5.74, 6) is 0.529. The van der Waals surface area contributed by atoms with E-state index in [1.54, 1.807) is 19.1 Å². The van der Waals surface area contributed by atoms with E-state index in [0.29, 0.717) is 32.7 Å². The van der Waals surface area contributed by atoms with Crippen molar-refractivity contribution in [3.05, 3.63) is 70.0 Å². The van der Waals surface area contributed by atoms with Crippen molar-refractivity contribution in [3.63, 3.8) is 0 Å². The number of rotatable bonds is 6. The van der Waals surface area contributed by atoms with Crippen molar-refractivity contribution < 1.29 is 17.9 Å². The smallest absolute Gasteiger partial charge is 0.277 e. The van der Waals surface area contributed by atoms with Gasteiger partial charge in [0.25, 0.3) is 11.1 Å². The Morgan fingerprint density at radius 2 is 1.92 bits per heavy atom. The molecule has 0 aliphatic rings. The van der Waals surface area contributed by atoms with Crippen LogP contribution in [0.2, 0.25) is 0 Å². The fourth-order valence-corrected chi connectivity index (χ4v) is 3.08. The average Bonchev–Trinajstić information content (AvgIpc) is 3.05. The predicted octanol–water partition coefficient (Wildman–Crippen LogP) is 5.54. The maximum Gasteiger partial charge on any atom is 0.277 e. The summed E-state index contributed by atoms with van der Waals surface area (Å²) in [7, 11) is 0. The van der Waals surface area contributed by atoms with E-state index in [1.165, 1.54) is 42.1 Å². The van der Waals surface area contributed by atoms with Gasteiger partial charge < -0.3 is 9.15 Å². The fourth-order valence-electron chi connectivity index (χ4n) is 1.99. The van der Waals surface area contributed by atoms with Gasteiger partial charge in [-0.3, -0.25) is 0 Å². The molecule has 25 heavy (non-hydrogen) atoms. The Kier molecular flexibility index (Phi) is 5.70. The van der Waals surface area contributed by atoms with Crippen LogP contribution >= 0.6 is 27.7 Å². The quantitative estimate of drug-likeness (QED) is 0.484. The summed E-state index contributed by atoms with van der Waals surface area (Å²) in [6.45, 7) is 1.75. The van der Waals surface area contributed by atoms with Gasteiger partial charge in [0.15, 0.2) is 6.10 Å². The van der Waals surface area contributed by atoms with E-state index in [9.17, 15) is 8.78 Å². The molecule has 2 aromatic carbocycles. The van der Waals surface area contributed by atoms with E-state index in [-0.39, 0.29) is 11.6 Å². The molecule has 1 heterocycles. The highest BCUT2D eigenvalue weighted by molar-refractivity contribution is 9.10. The SMILES string of the molecule is C[C@H](Oc1ccc(F)cc1)c1nnc(SCc2ccc(Br)cc2F)o1. The molecule has 8 heteroatoms. The van der Waals surface area contributed by atoms with E-state index in [2.05, 4.69) is 26.1 Å². The lowest BCUT2D eigenvalue weighted by molar-refractivity contribution is 0.181. The van der Waals surface area contributed by atoms with Gasteiger partial charge >= 0.3 is 0 Å². The summed E-state index contributed by atoms with van der Waals surface area (Å²) in [4.78, 5) is 0. The van der Waals surface area contributed by atoms with E-state index in [4.69, 9.17) is 9.15 Å². The summed E-state index contributed by atoms with van der Waals surface area (Å²) in [5.41, 5.74) is 0.545. The molecule has 0 saturated heterocycles. The lowest BCUT2D eigenvalue weighted by atomic mass is 10.2. The zero-order chi connectivity index (χ0) is 17.8. The number of hydrogen-bond acceptors (Lipinski definition) is 5. The molecule has 0 aliphatic carbocycles. The van der Waals surface area contributed by atoms with Crippen LogP contribution in [0.15, 0.2) is 56.6 Å². The standard InChI is InChI=1S/C17H13BrF2N2O2S/c1-10(23-14-6-4-13(19)5-7-14)16-21-22-17(24-16)25-9-11-2-3-12(18)8-15(11)20/h2-8,10H,9H2,1H3/t10-/m0/s1. The van der Waals surface area contributed by atoms with Crippen molar-refractivity contribution in [1.29, 1.82) is 0 Å². The van der Waals surface area contributed by atoms with Crippen molar-refractivity contribution in [2.24, 2.45) is 0 Å². The van der Waals surface area contributed by atoms with Crippen molar-refractivity contribution in [2.75, 3.05) is 0 Å². The Balaban J connectivity index is 1.60. The molecular weight excluding hydrogens is 414 g/mol. The zero-order valence-electron chi connectivity index (χ0n) is 13.1. The second-order valence-corrected chi connectivity index (χ2v) is 6.99. The number of hydrogen-bond donors (Lipinski definition) is 0. The molecular formula is C17H13BrF2N2O2S. The van der Waals surface area contributed by atoms with E-state index < -0.39 is 6.10 Å². The summed E-state index contributed by atoms with van der Waals surface area (Å²) in [5, 5.41) is 8.20. The normalized spacial score (nSPS) is 12.2. The molecule has 130 valence electrons. The first kappa shape index (κ1) is 17.9. The van der Waals surface area contributed by atoms with Crippen LogP contribution in [0.1, 0.15) is 24.5 Å². The maximum atomic E-state index is 13.8. The Labute approximate surface area is 155 Å². The molecule has 0 amide bonds. The largest absolute Gasteiger partial charge is 0.481 e. The van der Waals surface area contributed by atoms with Crippen LogP contribution in [-0.4, -0.2) is 10.2 Å². The number of benzene rings is 2. The minimum absolute atomic E-state index is 0.295. The summed E-state index contributed by atoms with van der Waals surface area (Å²) in [6, 6.07) is 10.5. The van der Waals surface area contributed by atoms with Crippen LogP contribution in [0.5, 0.6) is 5.75 Å². The van der Waals surface area contributed by atoms with Crippen LogP contribution in [0.25, 0.3) is 0 Å². The van der Waals surface area contributed by atoms with E-state index >= 15 is 0 Å². The van der Waals surface area contributed by atoms with Crippen LogP contribution < -0.4 is 4.74 Å². The van der Waals surface area contributed by atoms with Crippen molar-refractivity contribution in [3.8, 4) is 5.75 Å². The van der Waals surface area contributed by atoms with Crippen molar-refractivity contribution in [1.82, 2.24) is 10.2 Å². The van der Waals surface area contributed by atoms with Gasteiger partial charge in [0.05, 0.1) is 0 Å². The highest BCUT2D eigenvalue weighted by Gasteiger charge is 2.16. The van der Waals surface area contributed by atoms with Crippen molar-refractivity contribution >= 4 is 27.7 Å². The van der Waals surface area contributed by atoms with E-state index in [0.717, 1.165) is 0 Å². The highest BCUT2D eigenvalue weighted by Crippen LogP contribution is 2.27. The predicted molar refractivity (Wildman–Crippen MR) is 93.4 cm³/mol. The molecule has 3 rings (SSSR count). The molecule has 3 aromatic rings. The molecule has 0 aliphatic heterocycles. The molecule has 0 unspecified atom stereocenters. The molecule has 0 saturated carbocycles. The molecule has 1 atom stereocenters. The third-order valence-corrected chi connectivity index (χ3v) is 4.62. The maximum absolute atomic E-state index is 13.8.